The number of halogens is 1. The molecule has 0 bridgehead atoms. The second-order valence-electron chi connectivity index (χ2n) is 4.01. The van der Waals surface area contributed by atoms with E-state index in [-0.39, 0.29) is 5.69 Å². The molecule has 3 rings (SSSR count). The van der Waals surface area contributed by atoms with Crippen LogP contribution >= 0.6 is 0 Å². The summed E-state index contributed by atoms with van der Waals surface area (Å²) in [7, 11) is 0. The van der Waals surface area contributed by atoms with Gasteiger partial charge in [0.1, 0.15) is 5.69 Å². The zero-order chi connectivity index (χ0) is 18.9. The summed E-state index contributed by atoms with van der Waals surface area (Å²) in [6.07, 6.45) is 3.24. The van der Waals surface area contributed by atoms with E-state index in [1.165, 1.54) is 12.3 Å². The number of carboxylic acids is 1. The van der Waals surface area contributed by atoms with E-state index < -0.39 is 5.97 Å². The summed E-state index contributed by atoms with van der Waals surface area (Å²) in [6, 6.07) is 21.6. The third-order valence-corrected chi connectivity index (χ3v) is 2.53. The third-order valence-electron chi connectivity index (χ3n) is 2.53. The molecule has 0 spiro atoms. The van der Waals surface area contributed by atoms with Gasteiger partial charge in [-0.15, -0.1) is 35.9 Å². The first-order valence-electron chi connectivity index (χ1n) is 6.63. The fraction of sp³-hybridized carbons (Fsp3) is 0. The molecule has 0 saturated heterocycles. The molecule has 0 aliphatic heterocycles. The number of rotatable bonds is 2. The normalized spacial score (nSPS) is 8.24. The Morgan fingerprint density at radius 3 is 1.96 bits per heavy atom. The minimum Gasteiger partial charge on any atom is -0.305 e. The van der Waals surface area contributed by atoms with Gasteiger partial charge in [0.2, 0.25) is 0 Å². The van der Waals surface area contributed by atoms with Crippen molar-refractivity contribution in [1.82, 2.24) is 9.97 Å². The summed E-state index contributed by atoms with van der Waals surface area (Å²) in [5.74, 6) is -0.990. The molecule has 2 heterocycles. The van der Waals surface area contributed by atoms with Crippen molar-refractivity contribution in [2.24, 2.45) is 0 Å². The number of benzene rings is 1. The number of aromatic carboxylic acids is 1. The van der Waals surface area contributed by atoms with Crippen molar-refractivity contribution in [3.8, 4) is 11.3 Å². The van der Waals surface area contributed by atoms with Crippen LogP contribution in [-0.4, -0.2) is 27.8 Å². The number of hydrogen-bond donors (Lipinski definition) is 1. The maximum absolute atomic E-state index is 10.1. The average Bonchev–Trinajstić information content (AvgIpc) is 2.73. The number of nitrogens with zero attached hydrogens (tertiary/aromatic N) is 2. The SMILES string of the molecule is O=C(O)c1ccccn1.[C-]=O.[F][Ir+2].[c-]1ccccc1-c1ccccn1. The van der Waals surface area contributed by atoms with Crippen LogP contribution < -0.4 is 0 Å². The molecule has 0 aliphatic rings. The van der Waals surface area contributed by atoms with Crippen LogP contribution in [0.5, 0.6) is 0 Å². The third kappa shape index (κ3) is 9.20. The van der Waals surface area contributed by atoms with Crippen LogP contribution in [0.3, 0.4) is 0 Å². The predicted molar refractivity (Wildman–Crippen MR) is 86.5 cm³/mol. The molecule has 0 unspecified atom stereocenters. The fourth-order valence-electron chi connectivity index (χ4n) is 1.56. The van der Waals surface area contributed by atoms with Gasteiger partial charge in [0.05, 0.1) is 0 Å². The molecule has 3 aromatic rings. The Morgan fingerprint density at radius 1 is 0.960 bits per heavy atom. The van der Waals surface area contributed by atoms with E-state index in [2.05, 4.69) is 22.8 Å². The summed E-state index contributed by atoms with van der Waals surface area (Å²) in [5, 5.41) is 8.32. The second-order valence-corrected chi connectivity index (χ2v) is 4.01. The first-order valence-corrected chi connectivity index (χ1v) is 7.53. The Labute approximate surface area is 156 Å². The van der Waals surface area contributed by atoms with Crippen molar-refractivity contribution < 1.29 is 37.4 Å². The van der Waals surface area contributed by atoms with Crippen LogP contribution in [0.2, 0.25) is 0 Å². The Kier molecular flexibility index (Phi) is 13.2. The van der Waals surface area contributed by atoms with Gasteiger partial charge in [-0.3, -0.25) is 0 Å². The molecule has 1 radical (unpaired) electrons. The summed E-state index contributed by atoms with van der Waals surface area (Å²) in [6.45, 7) is 4.50. The summed E-state index contributed by atoms with van der Waals surface area (Å²) < 4.78 is 9.50. The van der Waals surface area contributed by atoms with Crippen LogP contribution in [0.1, 0.15) is 10.5 Å². The van der Waals surface area contributed by atoms with Crippen molar-refractivity contribution in [2.45, 2.75) is 0 Å². The van der Waals surface area contributed by atoms with E-state index in [0.29, 0.717) is 19.4 Å². The van der Waals surface area contributed by atoms with Gasteiger partial charge >= 0.3 is 28.6 Å². The quantitative estimate of drug-likeness (QED) is 0.529. The molecule has 0 saturated carbocycles. The molecule has 7 heteroatoms. The molecule has 129 valence electrons. The number of carboxylic acid groups (broad SMARTS) is 1. The van der Waals surface area contributed by atoms with Gasteiger partial charge in [-0.1, -0.05) is 18.2 Å². The van der Waals surface area contributed by atoms with Crippen molar-refractivity contribution in [3.63, 3.8) is 0 Å². The van der Waals surface area contributed by atoms with E-state index >= 15 is 0 Å². The molecule has 0 atom stereocenters. The molecule has 0 aliphatic carbocycles. The van der Waals surface area contributed by atoms with E-state index in [0.717, 1.165) is 11.3 Å². The molecule has 1 aromatic carbocycles. The largest absolute Gasteiger partial charge is 0.305 e. The Bertz CT molecular complexity index is 664. The minimum absolute atomic E-state index is 0.0810. The van der Waals surface area contributed by atoms with E-state index in [1.807, 2.05) is 42.5 Å². The molecule has 0 fully saturated rings. The van der Waals surface area contributed by atoms with Gasteiger partial charge in [0.15, 0.2) is 0 Å². The van der Waals surface area contributed by atoms with Crippen molar-refractivity contribution >= 4 is 12.8 Å². The molecular weight excluding hydrogens is 503 g/mol. The van der Waals surface area contributed by atoms with Gasteiger partial charge in [-0.2, -0.15) is 0 Å². The van der Waals surface area contributed by atoms with Crippen LogP contribution in [0.4, 0.5) is 3.25 Å². The smallest absolute Gasteiger partial charge is 0.0160 e. The monoisotopic (exact) mass is 517 g/mol. The molecule has 1 N–H and O–H groups in total. The van der Waals surface area contributed by atoms with Gasteiger partial charge < -0.3 is 21.7 Å². The molecular formula is C18H13FIrN2O3. The molecule has 5 nitrogen and oxygen atoms in total. The molecule has 0 amide bonds. The van der Waals surface area contributed by atoms with E-state index in [9.17, 15) is 8.05 Å². The Balaban J connectivity index is 0.000000396. The minimum atomic E-state index is -0.990. The number of hydrogen-bond acceptors (Lipinski definition) is 4. The first-order chi connectivity index (χ1) is 12.3. The van der Waals surface area contributed by atoms with Crippen LogP contribution in [0.25, 0.3) is 11.3 Å². The predicted octanol–water partition coefficient (Wildman–Crippen LogP) is 3.35. The number of carbonyl (C=O) groups excluding carboxylic acids is 1. The average molecular weight is 517 g/mol. The number of pyridine rings is 2. The fourth-order valence-corrected chi connectivity index (χ4v) is 1.56. The molecule has 2 aromatic heterocycles. The summed E-state index contributed by atoms with van der Waals surface area (Å²) >= 11 is 0.500. The van der Waals surface area contributed by atoms with Gasteiger partial charge in [0.25, 0.3) is 0 Å². The number of aromatic nitrogens is 2. The van der Waals surface area contributed by atoms with Crippen molar-refractivity contribution in [3.05, 3.63) is 84.8 Å². The summed E-state index contributed by atoms with van der Waals surface area (Å²) in [4.78, 5) is 25.4. The first kappa shape index (κ1) is 22.2. The maximum Gasteiger partial charge on any atom is 0.0160 e. The maximum atomic E-state index is 10.1. The van der Waals surface area contributed by atoms with Crippen LogP contribution in [0, 0.1) is 6.07 Å². The van der Waals surface area contributed by atoms with Crippen molar-refractivity contribution in [2.75, 3.05) is 0 Å². The topological polar surface area (TPSA) is 80.1 Å². The Hall–Kier alpha value is -2.76. The number of carbonyl (C=O) groups is 1. The van der Waals surface area contributed by atoms with E-state index in [4.69, 9.17) is 9.90 Å². The van der Waals surface area contributed by atoms with Crippen molar-refractivity contribution in [1.29, 1.82) is 0 Å². The standard InChI is InChI=1S/C11H8N.C6H5NO2.CO.FH.Ir/c1-2-6-10(7-3-1)11-8-4-5-9-12-11;8-6(9)5-3-1-2-4-7-5;1-2;;/h1-6,8-9H;1-4H,(H,8,9);;1H;/q-1;;-1;;+3/p-1. The zero-order valence-corrected chi connectivity index (χ0v) is 15.2. The summed E-state index contributed by atoms with van der Waals surface area (Å²) in [5.41, 5.74) is 2.09. The zero-order valence-electron chi connectivity index (χ0n) is 12.8. The van der Waals surface area contributed by atoms with Crippen LogP contribution in [0.15, 0.2) is 73.1 Å². The Morgan fingerprint density at radius 2 is 1.56 bits per heavy atom. The van der Waals surface area contributed by atoms with Gasteiger partial charge in [-0.25, -0.2) is 9.78 Å². The van der Waals surface area contributed by atoms with Gasteiger partial charge in [0, 0.05) is 12.4 Å². The van der Waals surface area contributed by atoms with Crippen LogP contribution in [-0.2, 0) is 24.2 Å². The molecule has 25 heavy (non-hydrogen) atoms. The second kappa shape index (κ2) is 14.8. The van der Waals surface area contributed by atoms with E-state index in [1.54, 1.807) is 18.3 Å². The van der Waals surface area contributed by atoms with Gasteiger partial charge in [-0.05, 0) is 23.9 Å².